The molecule has 0 saturated carbocycles. The molecule has 0 N–H and O–H groups in total. The first-order valence-corrected chi connectivity index (χ1v) is 28.3. The summed E-state index contributed by atoms with van der Waals surface area (Å²) in [4.78, 5) is 38.0. The zero-order chi connectivity index (χ0) is 47.9. The summed E-state index contributed by atoms with van der Waals surface area (Å²) in [5, 5.41) is 0. The first-order valence-electron chi connectivity index (χ1n) is 28.3. The van der Waals surface area contributed by atoms with Gasteiger partial charge in [0.05, 0.1) is 0 Å². The summed E-state index contributed by atoms with van der Waals surface area (Å²) in [7, 11) is 0. The van der Waals surface area contributed by atoms with Crippen LogP contribution in [0.5, 0.6) is 0 Å². The molecular formula is C60H106O6. The number of unbranched alkanes of at least 4 members (excludes halogenated alkanes) is 30. The van der Waals surface area contributed by atoms with Crippen molar-refractivity contribution in [1.82, 2.24) is 0 Å². The zero-order valence-electron chi connectivity index (χ0n) is 43.7. The smallest absolute Gasteiger partial charge is 0.306 e. The summed E-state index contributed by atoms with van der Waals surface area (Å²) < 4.78 is 16.8. The van der Waals surface area contributed by atoms with Crippen molar-refractivity contribution in [2.75, 3.05) is 13.2 Å². The van der Waals surface area contributed by atoms with Gasteiger partial charge in [-0.05, 0) is 83.5 Å². The van der Waals surface area contributed by atoms with Crippen molar-refractivity contribution in [2.45, 2.75) is 290 Å². The highest BCUT2D eigenvalue weighted by Crippen LogP contribution is 2.15. The van der Waals surface area contributed by atoms with Crippen LogP contribution in [-0.2, 0) is 28.6 Å². The molecule has 1 atom stereocenters. The lowest BCUT2D eigenvalue weighted by atomic mass is 10.0. The van der Waals surface area contributed by atoms with Crippen molar-refractivity contribution < 1.29 is 28.6 Å². The first-order chi connectivity index (χ1) is 32.5. The molecule has 0 spiro atoms. The molecule has 0 aromatic carbocycles. The van der Waals surface area contributed by atoms with E-state index in [9.17, 15) is 14.4 Å². The normalized spacial score (nSPS) is 12.5. The molecule has 66 heavy (non-hydrogen) atoms. The number of rotatable bonds is 51. The SMILES string of the molecule is CCC/C=C\C/C=C\CCCCCCCC(=O)OC(COC(=O)CCCCCCCCCC/C=C\C/C=C\C/C=C\CCCCCCC)COC(=O)CCCCCCCCCCCCCC. The number of carbonyl (C=O) groups excluding carboxylic acids is 3. The highest BCUT2D eigenvalue weighted by atomic mass is 16.6. The lowest BCUT2D eigenvalue weighted by Gasteiger charge is -2.18. The maximum atomic E-state index is 12.8. The molecule has 0 heterocycles. The second-order valence-corrected chi connectivity index (χ2v) is 18.8. The van der Waals surface area contributed by atoms with Gasteiger partial charge in [0.25, 0.3) is 0 Å². The number of allylic oxidation sites excluding steroid dienone is 10. The molecule has 0 fully saturated rings. The van der Waals surface area contributed by atoms with Gasteiger partial charge in [-0.25, -0.2) is 0 Å². The van der Waals surface area contributed by atoms with E-state index in [0.717, 1.165) is 109 Å². The average molecular weight is 924 g/mol. The standard InChI is InChI=1S/C60H106O6/c1-4-7-10-13-16-19-22-25-26-27-28-29-30-31-32-33-34-36-38-41-44-47-50-53-59(62)65-56-57(55-64-58(61)52-49-46-43-40-37-24-21-18-15-12-9-6-3)66-60(63)54-51-48-45-42-39-35-23-20-17-14-11-8-5-2/h11,14,20,22-23,25,27-28,30-31,57H,4-10,12-13,15-19,21,24,26,29,32-56H2,1-3H3/b14-11-,23-20-,25-22-,28-27-,31-30-. The second-order valence-electron chi connectivity index (χ2n) is 18.8. The van der Waals surface area contributed by atoms with Crippen LogP contribution >= 0.6 is 0 Å². The fourth-order valence-electron chi connectivity index (χ4n) is 7.96. The summed E-state index contributed by atoms with van der Waals surface area (Å²) in [5.41, 5.74) is 0. The van der Waals surface area contributed by atoms with Crippen LogP contribution in [0.15, 0.2) is 60.8 Å². The molecule has 0 bridgehead atoms. The van der Waals surface area contributed by atoms with Gasteiger partial charge in [-0.1, -0.05) is 242 Å². The molecule has 0 aliphatic rings. The van der Waals surface area contributed by atoms with Crippen molar-refractivity contribution >= 4 is 17.9 Å². The maximum absolute atomic E-state index is 12.8. The van der Waals surface area contributed by atoms with Gasteiger partial charge in [0.2, 0.25) is 0 Å². The van der Waals surface area contributed by atoms with E-state index in [2.05, 4.69) is 81.5 Å². The Morgan fingerprint density at radius 3 is 0.909 bits per heavy atom. The zero-order valence-corrected chi connectivity index (χ0v) is 43.7. The molecule has 0 rings (SSSR count). The molecule has 0 amide bonds. The highest BCUT2D eigenvalue weighted by Gasteiger charge is 2.19. The van der Waals surface area contributed by atoms with E-state index in [1.165, 1.54) is 135 Å². The Hall–Kier alpha value is -2.89. The van der Waals surface area contributed by atoms with Crippen LogP contribution in [-0.4, -0.2) is 37.2 Å². The molecule has 1 unspecified atom stereocenters. The van der Waals surface area contributed by atoms with Gasteiger partial charge in [-0.2, -0.15) is 0 Å². The predicted molar refractivity (Wildman–Crippen MR) is 284 cm³/mol. The molecular weight excluding hydrogens is 817 g/mol. The van der Waals surface area contributed by atoms with Gasteiger partial charge in [-0.3, -0.25) is 14.4 Å². The summed E-state index contributed by atoms with van der Waals surface area (Å²) in [5.74, 6) is -0.894. The van der Waals surface area contributed by atoms with E-state index in [4.69, 9.17) is 14.2 Å². The molecule has 0 radical (unpaired) electrons. The van der Waals surface area contributed by atoms with E-state index in [-0.39, 0.29) is 31.1 Å². The number of ether oxygens (including phenoxy) is 3. The van der Waals surface area contributed by atoms with Crippen LogP contribution in [0.25, 0.3) is 0 Å². The molecule has 6 nitrogen and oxygen atoms in total. The first kappa shape index (κ1) is 63.1. The van der Waals surface area contributed by atoms with Gasteiger partial charge in [0.15, 0.2) is 6.10 Å². The van der Waals surface area contributed by atoms with E-state index in [1.54, 1.807) is 0 Å². The quantitative estimate of drug-likeness (QED) is 0.0262. The Kier molecular flexibility index (Phi) is 52.3. The largest absolute Gasteiger partial charge is 0.462 e. The van der Waals surface area contributed by atoms with Crippen LogP contribution in [0.1, 0.15) is 284 Å². The number of esters is 3. The number of carbonyl (C=O) groups is 3. The summed E-state index contributed by atoms with van der Waals surface area (Å²) in [6.45, 7) is 6.56. The average Bonchev–Trinajstić information content (AvgIpc) is 3.31. The Morgan fingerprint density at radius 2 is 0.576 bits per heavy atom. The van der Waals surface area contributed by atoms with Crippen LogP contribution in [0.4, 0.5) is 0 Å². The molecule has 0 aromatic heterocycles. The molecule has 382 valence electrons. The Balaban J connectivity index is 4.30. The third-order valence-electron chi connectivity index (χ3n) is 12.2. The van der Waals surface area contributed by atoms with Crippen LogP contribution < -0.4 is 0 Å². The molecule has 0 aliphatic heterocycles. The Bertz CT molecular complexity index is 1200. The van der Waals surface area contributed by atoms with Gasteiger partial charge in [0, 0.05) is 19.3 Å². The van der Waals surface area contributed by atoms with Crippen LogP contribution in [0.2, 0.25) is 0 Å². The Labute approximate surface area is 409 Å². The lowest BCUT2D eigenvalue weighted by Crippen LogP contribution is -2.30. The van der Waals surface area contributed by atoms with Crippen LogP contribution in [0, 0.1) is 0 Å². The fourth-order valence-corrected chi connectivity index (χ4v) is 7.96. The summed E-state index contributed by atoms with van der Waals surface area (Å²) in [6, 6.07) is 0. The maximum Gasteiger partial charge on any atom is 0.306 e. The minimum absolute atomic E-state index is 0.0803. The minimum Gasteiger partial charge on any atom is -0.462 e. The topological polar surface area (TPSA) is 78.9 Å². The van der Waals surface area contributed by atoms with Crippen molar-refractivity contribution in [3.8, 4) is 0 Å². The third kappa shape index (κ3) is 52.1. The van der Waals surface area contributed by atoms with Gasteiger partial charge >= 0.3 is 17.9 Å². The lowest BCUT2D eigenvalue weighted by molar-refractivity contribution is -0.167. The third-order valence-corrected chi connectivity index (χ3v) is 12.2. The summed E-state index contributed by atoms with van der Waals surface area (Å²) >= 11 is 0. The number of hydrogen-bond donors (Lipinski definition) is 0. The monoisotopic (exact) mass is 923 g/mol. The van der Waals surface area contributed by atoms with E-state index in [0.29, 0.717) is 19.3 Å². The summed E-state index contributed by atoms with van der Waals surface area (Å²) in [6.07, 6.45) is 67.8. The van der Waals surface area contributed by atoms with E-state index < -0.39 is 6.10 Å². The highest BCUT2D eigenvalue weighted by molar-refractivity contribution is 5.71. The van der Waals surface area contributed by atoms with E-state index >= 15 is 0 Å². The van der Waals surface area contributed by atoms with Crippen molar-refractivity contribution in [1.29, 1.82) is 0 Å². The molecule has 0 saturated heterocycles. The fraction of sp³-hybridized carbons (Fsp3) is 0.783. The number of hydrogen-bond acceptors (Lipinski definition) is 6. The van der Waals surface area contributed by atoms with Gasteiger partial charge in [0.1, 0.15) is 13.2 Å². The van der Waals surface area contributed by atoms with Gasteiger partial charge in [-0.15, -0.1) is 0 Å². The van der Waals surface area contributed by atoms with Crippen LogP contribution in [0.3, 0.4) is 0 Å². The van der Waals surface area contributed by atoms with Gasteiger partial charge < -0.3 is 14.2 Å². The Morgan fingerprint density at radius 1 is 0.303 bits per heavy atom. The minimum atomic E-state index is -0.782. The second kappa shape index (κ2) is 54.7. The van der Waals surface area contributed by atoms with Crippen molar-refractivity contribution in [2.24, 2.45) is 0 Å². The molecule has 6 heteroatoms. The van der Waals surface area contributed by atoms with E-state index in [1.807, 2.05) is 0 Å². The molecule has 0 aliphatic carbocycles. The van der Waals surface area contributed by atoms with Crippen molar-refractivity contribution in [3.63, 3.8) is 0 Å². The van der Waals surface area contributed by atoms with Crippen molar-refractivity contribution in [3.05, 3.63) is 60.8 Å². The molecule has 0 aromatic rings. The predicted octanol–water partition coefficient (Wildman–Crippen LogP) is 18.8.